The molecule has 1 unspecified atom stereocenters. The fourth-order valence-corrected chi connectivity index (χ4v) is 2.58. The molecule has 0 spiro atoms. The summed E-state index contributed by atoms with van der Waals surface area (Å²) < 4.78 is 1.68. The fourth-order valence-electron chi connectivity index (χ4n) is 2.58. The second-order valence-electron chi connectivity index (χ2n) is 4.89. The molecule has 3 heterocycles. The van der Waals surface area contributed by atoms with E-state index in [1.807, 2.05) is 0 Å². The lowest BCUT2D eigenvalue weighted by Gasteiger charge is -2.07. The molecule has 0 aliphatic carbocycles. The first-order valence-electron chi connectivity index (χ1n) is 6.29. The highest BCUT2D eigenvalue weighted by molar-refractivity contribution is 5.93. The molecule has 2 aromatic rings. The second-order valence-corrected chi connectivity index (χ2v) is 4.89. The van der Waals surface area contributed by atoms with Crippen LogP contribution in [0.25, 0.3) is 5.52 Å². The van der Waals surface area contributed by atoms with E-state index < -0.39 is 5.97 Å². The normalized spacial score (nSPS) is 19.1. The smallest absolute Gasteiger partial charge is 0.356 e. The number of rotatable bonds is 3. The molecule has 1 aliphatic heterocycles. The van der Waals surface area contributed by atoms with Gasteiger partial charge in [-0.15, -0.1) is 0 Å². The standard InChI is InChI=1S/C13H15N3O3/c17-9-1-2-10-12(13(18)19)15-11(16(10)7-9)5-8-3-4-14-6-8/h1-2,7-8,14,17H,3-6H2,(H,18,19). The number of aromatic nitrogens is 2. The van der Waals surface area contributed by atoms with Gasteiger partial charge in [-0.3, -0.25) is 4.40 Å². The second kappa shape index (κ2) is 4.55. The summed E-state index contributed by atoms with van der Waals surface area (Å²) in [6.07, 6.45) is 3.30. The summed E-state index contributed by atoms with van der Waals surface area (Å²) in [6.45, 7) is 1.92. The van der Waals surface area contributed by atoms with Gasteiger partial charge in [-0.05, 0) is 37.6 Å². The summed E-state index contributed by atoms with van der Waals surface area (Å²) in [6, 6.07) is 3.06. The highest BCUT2D eigenvalue weighted by Gasteiger charge is 2.21. The van der Waals surface area contributed by atoms with Crippen LogP contribution >= 0.6 is 0 Å². The number of hydrogen-bond acceptors (Lipinski definition) is 4. The van der Waals surface area contributed by atoms with Crippen molar-refractivity contribution in [2.45, 2.75) is 12.8 Å². The van der Waals surface area contributed by atoms with Crippen LogP contribution in [-0.2, 0) is 6.42 Å². The van der Waals surface area contributed by atoms with Gasteiger partial charge in [-0.2, -0.15) is 0 Å². The van der Waals surface area contributed by atoms with Crippen molar-refractivity contribution in [2.75, 3.05) is 13.1 Å². The SMILES string of the molecule is O=C(O)c1nc(CC2CCNC2)n2cc(O)ccc12. The van der Waals surface area contributed by atoms with Crippen LogP contribution < -0.4 is 5.32 Å². The molecule has 100 valence electrons. The van der Waals surface area contributed by atoms with Crippen molar-refractivity contribution in [2.24, 2.45) is 5.92 Å². The van der Waals surface area contributed by atoms with Gasteiger partial charge in [0.2, 0.25) is 0 Å². The van der Waals surface area contributed by atoms with Crippen molar-refractivity contribution in [1.82, 2.24) is 14.7 Å². The number of hydrogen-bond donors (Lipinski definition) is 3. The van der Waals surface area contributed by atoms with Crippen LogP contribution in [0.1, 0.15) is 22.7 Å². The first kappa shape index (κ1) is 12.0. The summed E-state index contributed by atoms with van der Waals surface area (Å²) >= 11 is 0. The highest BCUT2D eigenvalue weighted by Crippen LogP contribution is 2.21. The lowest BCUT2D eigenvalue weighted by molar-refractivity contribution is 0.0693. The number of nitrogens with zero attached hydrogens (tertiary/aromatic N) is 2. The Kier molecular flexibility index (Phi) is 2.87. The van der Waals surface area contributed by atoms with Crippen molar-refractivity contribution in [3.05, 3.63) is 29.8 Å². The van der Waals surface area contributed by atoms with Crippen molar-refractivity contribution in [3.8, 4) is 5.75 Å². The molecule has 0 radical (unpaired) electrons. The largest absolute Gasteiger partial charge is 0.506 e. The molecular formula is C13H15N3O3. The minimum Gasteiger partial charge on any atom is -0.506 e. The molecule has 2 aromatic heterocycles. The highest BCUT2D eigenvalue weighted by atomic mass is 16.4. The maximum atomic E-state index is 11.2. The molecule has 3 N–H and O–H groups in total. The van der Waals surface area contributed by atoms with Crippen LogP contribution in [-0.4, -0.2) is 38.7 Å². The molecule has 3 rings (SSSR count). The third kappa shape index (κ3) is 2.15. The number of imidazole rings is 1. The summed E-state index contributed by atoms with van der Waals surface area (Å²) in [4.78, 5) is 15.4. The molecular weight excluding hydrogens is 246 g/mol. The molecule has 0 amide bonds. The van der Waals surface area contributed by atoms with Crippen molar-refractivity contribution < 1.29 is 15.0 Å². The van der Waals surface area contributed by atoms with E-state index in [0.29, 0.717) is 23.7 Å². The molecule has 1 saturated heterocycles. The zero-order valence-electron chi connectivity index (χ0n) is 10.3. The quantitative estimate of drug-likeness (QED) is 0.764. The zero-order valence-corrected chi connectivity index (χ0v) is 10.3. The summed E-state index contributed by atoms with van der Waals surface area (Å²) in [5, 5.41) is 22.0. The first-order chi connectivity index (χ1) is 9.15. The molecule has 0 bridgehead atoms. The maximum absolute atomic E-state index is 11.2. The monoisotopic (exact) mass is 261 g/mol. The van der Waals surface area contributed by atoms with Crippen LogP contribution in [0, 0.1) is 5.92 Å². The number of carboxylic acids is 1. The average molecular weight is 261 g/mol. The van der Waals surface area contributed by atoms with Gasteiger partial charge in [0, 0.05) is 6.42 Å². The summed E-state index contributed by atoms with van der Waals surface area (Å²) in [5.74, 6) is 0.221. The maximum Gasteiger partial charge on any atom is 0.356 e. The molecule has 6 nitrogen and oxygen atoms in total. The number of pyridine rings is 1. The predicted octanol–water partition coefficient (Wildman–Crippen LogP) is 0.890. The Balaban J connectivity index is 2.06. The number of aromatic hydroxyl groups is 1. The third-order valence-corrected chi connectivity index (χ3v) is 3.53. The van der Waals surface area contributed by atoms with E-state index >= 15 is 0 Å². The minimum atomic E-state index is -1.04. The van der Waals surface area contributed by atoms with Gasteiger partial charge in [0.25, 0.3) is 0 Å². The number of carbonyl (C=O) groups is 1. The van der Waals surface area contributed by atoms with Crippen molar-refractivity contribution in [3.63, 3.8) is 0 Å². The molecule has 6 heteroatoms. The van der Waals surface area contributed by atoms with E-state index in [0.717, 1.165) is 19.5 Å². The Morgan fingerprint density at radius 2 is 2.37 bits per heavy atom. The van der Waals surface area contributed by atoms with E-state index in [4.69, 9.17) is 0 Å². The van der Waals surface area contributed by atoms with Gasteiger partial charge in [-0.1, -0.05) is 0 Å². The Morgan fingerprint density at radius 1 is 1.53 bits per heavy atom. The van der Waals surface area contributed by atoms with Gasteiger partial charge in [0.1, 0.15) is 11.6 Å². The number of nitrogens with one attached hydrogen (secondary N) is 1. The van der Waals surface area contributed by atoms with E-state index in [1.165, 1.54) is 12.3 Å². The Morgan fingerprint density at radius 3 is 3.05 bits per heavy atom. The molecule has 0 aromatic carbocycles. The van der Waals surface area contributed by atoms with E-state index in [1.54, 1.807) is 10.5 Å². The Labute approximate surface area is 109 Å². The topological polar surface area (TPSA) is 86.9 Å². The van der Waals surface area contributed by atoms with Gasteiger partial charge < -0.3 is 15.5 Å². The van der Waals surface area contributed by atoms with Crippen LogP contribution in [0.5, 0.6) is 5.75 Å². The van der Waals surface area contributed by atoms with Gasteiger partial charge in [0.15, 0.2) is 5.69 Å². The van der Waals surface area contributed by atoms with Crippen LogP contribution in [0.15, 0.2) is 18.3 Å². The van der Waals surface area contributed by atoms with Crippen LogP contribution in [0.3, 0.4) is 0 Å². The van der Waals surface area contributed by atoms with Crippen LogP contribution in [0.4, 0.5) is 0 Å². The zero-order chi connectivity index (χ0) is 13.4. The molecule has 1 atom stereocenters. The summed E-state index contributed by atoms with van der Waals surface area (Å²) in [7, 11) is 0. The van der Waals surface area contributed by atoms with Gasteiger partial charge in [0.05, 0.1) is 11.7 Å². The van der Waals surface area contributed by atoms with E-state index in [9.17, 15) is 15.0 Å². The van der Waals surface area contributed by atoms with Crippen molar-refractivity contribution >= 4 is 11.5 Å². The van der Waals surface area contributed by atoms with Gasteiger partial charge >= 0.3 is 5.97 Å². The van der Waals surface area contributed by atoms with E-state index in [2.05, 4.69) is 10.3 Å². The molecule has 1 aliphatic rings. The lowest BCUT2D eigenvalue weighted by Crippen LogP contribution is -2.12. The number of aromatic carboxylic acids is 1. The molecule has 19 heavy (non-hydrogen) atoms. The number of fused-ring (bicyclic) bond motifs is 1. The summed E-state index contributed by atoms with van der Waals surface area (Å²) in [5.41, 5.74) is 0.562. The average Bonchev–Trinajstić information content (AvgIpc) is 2.98. The van der Waals surface area contributed by atoms with Gasteiger partial charge in [-0.25, -0.2) is 9.78 Å². The predicted molar refractivity (Wildman–Crippen MR) is 68.5 cm³/mol. The minimum absolute atomic E-state index is 0.0426. The molecule has 0 saturated carbocycles. The lowest BCUT2D eigenvalue weighted by atomic mass is 10.0. The third-order valence-electron chi connectivity index (χ3n) is 3.53. The first-order valence-corrected chi connectivity index (χ1v) is 6.29. The molecule has 1 fully saturated rings. The Bertz CT molecular complexity index is 629. The Hall–Kier alpha value is -2.08. The van der Waals surface area contributed by atoms with E-state index in [-0.39, 0.29) is 11.4 Å². The number of carboxylic acid groups (broad SMARTS) is 1. The fraction of sp³-hybridized carbons (Fsp3) is 0.385. The van der Waals surface area contributed by atoms with Crippen molar-refractivity contribution in [1.29, 1.82) is 0 Å². The van der Waals surface area contributed by atoms with Crippen LogP contribution in [0.2, 0.25) is 0 Å².